The predicted octanol–water partition coefficient (Wildman–Crippen LogP) is 2.79. The third-order valence-electron chi connectivity index (χ3n) is 5.20. The number of rotatable bonds is 6. The molecule has 1 unspecified atom stereocenters. The largest absolute Gasteiger partial charge is 0.336 e. The molecular weight excluding hydrogens is 400 g/mol. The number of carbonyl (C=O) groups excluding carboxylic acids is 1. The molecule has 1 atom stereocenters. The highest BCUT2D eigenvalue weighted by molar-refractivity contribution is 7.92. The summed E-state index contributed by atoms with van der Waals surface area (Å²) in [7, 11) is -3.72. The molecule has 0 bridgehead atoms. The molecule has 1 N–H and O–H groups in total. The molecule has 1 aliphatic rings. The van der Waals surface area contributed by atoms with Crippen LogP contribution in [0, 0.1) is 17.2 Å². The summed E-state index contributed by atoms with van der Waals surface area (Å²) in [5.41, 5.74) is 0.926. The van der Waals surface area contributed by atoms with Gasteiger partial charge in [-0.3, -0.25) is 14.4 Å². The minimum Gasteiger partial charge on any atom is -0.336 e. The van der Waals surface area contributed by atoms with Gasteiger partial charge in [0.05, 0.1) is 11.0 Å². The van der Waals surface area contributed by atoms with E-state index in [-0.39, 0.29) is 22.8 Å². The molecule has 1 amide bonds. The molecule has 0 radical (unpaired) electrons. The van der Waals surface area contributed by atoms with Crippen LogP contribution in [0.25, 0.3) is 0 Å². The number of hydrogen-bond acceptors (Lipinski definition) is 5. The van der Waals surface area contributed by atoms with Crippen LogP contribution in [0.15, 0.2) is 59.5 Å². The first-order chi connectivity index (χ1) is 14.3. The number of nitrogens with zero attached hydrogens (tertiary/aromatic N) is 3. The Bertz CT molecular complexity index is 1010. The lowest BCUT2D eigenvalue weighted by Gasteiger charge is -2.38. The van der Waals surface area contributed by atoms with Gasteiger partial charge in [0.1, 0.15) is 6.04 Å². The molecule has 7 nitrogen and oxygen atoms in total. The Balaban J connectivity index is 1.64. The Hall–Kier alpha value is -2.89. The zero-order valence-electron chi connectivity index (χ0n) is 17.2. The van der Waals surface area contributed by atoms with E-state index in [1.54, 1.807) is 47.4 Å². The molecule has 0 spiro atoms. The average molecular weight is 427 g/mol. The summed E-state index contributed by atoms with van der Waals surface area (Å²) in [6, 6.07) is 16.8. The first-order valence-electron chi connectivity index (χ1n) is 9.92. The van der Waals surface area contributed by atoms with E-state index in [1.807, 2.05) is 13.8 Å². The zero-order chi connectivity index (χ0) is 21.7. The summed E-state index contributed by atoms with van der Waals surface area (Å²) in [5.74, 6) is 0.101. The second-order valence-electron chi connectivity index (χ2n) is 7.64. The summed E-state index contributed by atoms with van der Waals surface area (Å²) >= 11 is 0. The van der Waals surface area contributed by atoms with E-state index >= 15 is 0 Å². The Morgan fingerprint density at radius 2 is 1.60 bits per heavy atom. The summed E-state index contributed by atoms with van der Waals surface area (Å²) in [6.07, 6.45) is 0. The molecule has 0 saturated carbocycles. The molecule has 1 fully saturated rings. The van der Waals surface area contributed by atoms with Crippen LogP contribution < -0.4 is 4.72 Å². The summed E-state index contributed by atoms with van der Waals surface area (Å²) < 4.78 is 27.6. The first-order valence-corrected chi connectivity index (χ1v) is 11.4. The van der Waals surface area contributed by atoms with Crippen molar-refractivity contribution in [2.75, 3.05) is 30.9 Å². The van der Waals surface area contributed by atoms with Crippen LogP contribution in [0.5, 0.6) is 0 Å². The van der Waals surface area contributed by atoms with Crippen molar-refractivity contribution in [3.05, 3.63) is 60.2 Å². The molecule has 3 rings (SSSR count). The van der Waals surface area contributed by atoms with Gasteiger partial charge in [0.15, 0.2) is 0 Å². The van der Waals surface area contributed by atoms with Crippen molar-refractivity contribution in [2.24, 2.45) is 5.92 Å². The Morgan fingerprint density at radius 3 is 2.13 bits per heavy atom. The van der Waals surface area contributed by atoms with Crippen LogP contribution in [-0.4, -0.2) is 56.3 Å². The fraction of sp³-hybridized carbons (Fsp3) is 0.364. The smallest absolute Gasteiger partial charge is 0.261 e. The maximum absolute atomic E-state index is 12.8. The van der Waals surface area contributed by atoms with Crippen LogP contribution in [-0.2, 0) is 10.0 Å². The van der Waals surface area contributed by atoms with Crippen LogP contribution in [0.3, 0.4) is 0 Å². The van der Waals surface area contributed by atoms with Gasteiger partial charge in [0, 0.05) is 37.4 Å². The SMILES string of the molecule is CC(C)C(C#N)N1CCN(C(=O)c2ccc(S(=O)(=O)Nc3ccccc3)cc2)CC1. The highest BCUT2D eigenvalue weighted by atomic mass is 32.2. The lowest BCUT2D eigenvalue weighted by molar-refractivity contribution is 0.0576. The van der Waals surface area contributed by atoms with Crippen molar-refractivity contribution < 1.29 is 13.2 Å². The Kier molecular flexibility index (Phi) is 6.75. The summed E-state index contributed by atoms with van der Waals surface area (Å²) in [6.45, 7) is 6.42. The van der Waals surface area contributed by atoms with Crippen molar-refractivity contribution in [1.29, 1.82) is 5.26 Å². The molecule has 158 valence electrons. The van der Waals surface area contributed by atoms with Crippen molar-refractivity contribution in [3.63, 3.8) is 0 Å². The molecule has 1 aliphatic heterocycles. The highest BCUT2D eigenvalue weighted by Gasteiger charge is 2.28. The normalized spacial score (nSPS) is 16.1. The van der Waals surface area contributed by atoms with Gasteiger partial charge < -0.3 is 4.90 Å². The van der Waals surface area contributed by atoms with Gasteiger partial charge in [-0.1, -0.05) is 32.0 Å². The van der Waals surface area contributed by atoms with Gasteiger partial charge >= 0.3 is 0 Å². The molecule has 8 heteroatoms. The lowest BCUT2D eigenvalue weighted by Crippen LogP contribution is -2.52. The molecule has 2 aromatic rings. The van der Waals surface area contributed by atoms with E-state index in [2.05, 4.69) is 15.7 Å². The van der Waals surface area contributed by atoms with Crippen LogP contribution in [0.2, 0.25) is 0 Å². The van der Waals surface area contributed by atoms with Gasteiger partial charge in [0.2, 0.25) is 0 Å². The third kappa shape index (κ3) is 4.99. The molecule has 1 heterocycles. The third-order valence-corrected chi connectivity index (χ3v) is 6.59. The predicted molar refractivity (Wildman–Crippen MR) is 115 cm³/mol. The molecule has 2 aromatic carbocycles. The average Bonchev–Trinajstić information content (AvgIpc) is 2.74. The standard InChI is InChI=1S/C22H26N4O3S/c1-17(2)21(16-23)25-12-14-26(15-13-25)22(27)18-8-10-20(11-9-18)30(28,29)24-19-6-4-3-5-7-19/h3-11,17,21,24H,12-15H2,1-2H3. The molecular formula is C22H26N4O3S. The maximum Gasteiger partial charge on any atom is 0.261 e. The summed E-state index contributed by atoms with van der Waals surface area (Å²) in [5, 5.41) is 9.36. The van der Waals surface area contributed by atoms with Gasteiger partial charge in [-0.2, -0.15) is 5.26 Å². The van der Waals surface area contributed by atoms with Crippen molar-refractivity contribution in [3.8, 4) is 6.07 Å². The molecule has 30 heavy (non-hydrogen) atoms. The topological polar surface area (TPSA) is 93.5 Å². The second kappa shape index (κ2) is 9.28. The molecule has 1 saturated heterocycles. The number of para-hydroxylation sites is 1. The molecule has 0 aliphatic carbocycles. The van der Waals surface area contributed by atoms with E-state index in [0.717, 1.165) is 0 Å². The zero-order valence-corrected chi connectivity index (χ0v) is 18.0. The fourth-order valence-electron chi connectivity index (χ4n) is 3.54. The quantitative estimate of drug-likeness (QED) is 0.767. The molecule has 0 aromatic heterocycles. The number of nitriles is 1. The minimum absolute atomic E-state index is 0.0986. The first kappa shape index (κ1) is 21.8. The van der Waals surface area contributed by atoms with Crippen LogP contribution in [0.1, 0.15) is 24.2 Å². The highest BCUT2D eigenvalue weighted by Crippen LogP contribution is 2.18. The van der Waals surface area contributed by atoms with Crippen molar-refractivity contribution in [2.45, 2.75) is 24.8 Å². The van der Waals surface area contributed by atoms with Gasteiger partial charge in [-0.05, 0) is 42.3 Å². The number of amides is 1. The number of nitrogens with one attached hydrogen (secondary N) is 1. The maximum atomic E-state index is 12.8. The number of benzene rings is 2. The number of carbonyl (C=O) groups is 1. The van der Waals surface area contributed by atoms with E-state index < -0.39 is 10.0 Å². The fourth-order valence-corrected chi connectivity index (χ4v) is 4.59. The minimum atomic E-state index is -3.72. The van der Waals surface area contributed by atoms with Crippen LogP contribution in [0.4, 0.5) is 5.69 Å². The second-order valence-corrected chi connectivity index (χ2v) is 9.32. The number of piperazine rings is 1. The monoisotopic (exact) mass is 426 g/mol. The van der Waals surface area contributed by atoms with Crippen molar-refractivity contribution >= 4 is 21.6 Å². The lowest BCUT2D eigenvalue weighted by atomic mass is 10.0. The number of hydrogen-bond donors (Lipinski definition) is 1. The Labute approximate surface area is 178 Å². The van der Waals surface area contributed by atoms with Crippen molar-refractivity contribution in [1.82, 2.24) is 9.80 Å². The van der Waals surface area contributed by atoms with E-state index in [1.165, 1.54) is 12.1 Å². The number of sulfonamides is 1. The van der Waals surface area contributed by atoms with Crippen LogP contribution >= 0.6 is 0 Å². The van der Waals surface area contributed by atoms with E-state index in [4.69, 9.17) is 0 Å². The van der Waals surface area contributed by atoms with E-state index in [9.17, 15) is 18.5 Å². The van der Waals surface area contributed by atoms with Gasteiger partial charge in [-0.15, -0.1) is 0 Å². The van der Waals surface area contributed by atoms with Gasteiger partial charge in [-0.25, -0.2) is 8.42 Å². The number of anilines is 1. The Morgan fingerprint density at radius 1 is 1.00 bits per heavy atom. The summed E-state index contributed by atoms with van der Waals surface area (Å²) in [4.78, 5) is 16.8. The van der Waals surface area contributed by atoms with E-state index in [0.29, 0.717) is 37.4 Å². The van der Waals surface area contributed by atoms with Gasteiger partial charge in [0.25, 0.3) is 15.9 Å².